The van der Waals surface area contributed by atoms with Crippen LogP contribution < -0.4 is 5.56 Å². The van der Waals surface area contributed by atoms with Gasteiger partial charge < -0.3 is 9.64 Å². The molecule has 23 heavy (non-hydrogen) atoms. The van der Waals surface area contributed by atoms with Crippen LogP contribution in [-0.2, 0) is 16.1 Å². The number of nitrogens with zero attached hydrogens (tertiary/aromatic N) is 3. The van der Waals surface area contributed by atoms with Gasteiger partial charge in [0.1, 0.15) is 6.54 Å². The zero-order valence-corrected chi connectivity index (χ0v) is 12.9. The van der Waals surface area contributed by atoms with E-state index in [2.05, 4.69) is 4.98 Å². The van der Waals surface area contributed by atoms with E-state index in [9.17, 15) is 9.59 Å². The second kappa shape index (κ2) is 5.77. The Labute approximate surface area is 133 Å². The average Bonchev–Trinajstić information content (AvgIpc) is 3.06. The normalized spacial score (nSPS) is 23.9. The van der Waals surface area contributed by atoms with Gasteiger partial charge in [-0.1, -0.05) is 12.1 Å². The van der Waals surface area contributed by atoms with E-state index in [0.29, 0.717) is 18.7 Å². The summed E-state index contributed by atoms with van der Waals surface area (Å²) in [6, 6.07) is 7.56. The topological polar surface area (TPSA) is 64.4 Å². The number of rotatable bonds is 2. The van der Waals surface area contributed by atoms with E-state index in [1.807, 2.05) is 29.2 Å². The Kier molecular flexibility index (Phi) is 3.61. The van der Waals surface area contributed by atoms with Gasteiger partial charge in [0.2, 0.25) is 5.91 Å². The quantitative estimate of drug-likeness (QED) is 0.835. The van der Waals surface area contributed by atoms with Gasteiger partial charge in [0, 0.05) is 6.54 Å². The molecule has 0 radical (unpaired) electrons. The maximum Gasteiger partial charge on any atom is 0.269 e. The molecule has 1 amide bonds. The number of hydrogen-bond donors (Lipinski definition) is 0. The first-order valence-electron chi connectivity index (χ1n) is 8.10. The second-order valence-corrected chi connectivity index (χ2v) is 6.17. The van der Waals surface area contributed by atoms with Gasteiger partial charge in [-0.25, -0.2) is 4.98 Å². The van der Waals surface area contributed by atoms with Crippen LogP contribution in [0.1, 0.15) is 19.3 Å². The first-order valence-corrected chi connectivity index (χ1v) is 8.10. The summed E-state index contributed by atoms with van der Waals surface area (Å²) in [5, 5.41) is 0. The zero-order chi connectivity index (χ0) is 15.8. The van der Waals surface area contributed by atoms with E-state index in [-0.39, 0.29) is 30.2 Å². The molecule has 0 N–H and O–H groups in total. The minimum atomic E-state index is -0.242. The Bertz CT molecular complexity index is 801. The van der Waals surface area contributed by atoms with Crippen LogP contribution in [0.4, 0.5) is 0 Å². The lowest BCUT2D eigenvalue weighted by molar-refractivity contribution is -0.144. The summed E-state index contributed by atoms with van der Waals surface area (Å²) in [7, 11) is 0. The predicted molar refractivity (Wildman–Crippen MR) is 85.1 cm³/mol. The Balaban J connectivity index is 1.64. The van der Waals surface area contributed by atoms with E-state index in [1.54, 1.807) is 0 Å². The highest BCUT2D eigenvalue weighted by Gasteiger charge is 2.38. The summed E-state index contributed by atoms with van der Waals surface area (Å²) >= 11 is 0. The molecule has 2 aliphatic rings. The van der Waals surface area contributed by atoms with Gasteiger partial charge in [-0.2, -0.15) is 0 Å². The van der Waals surface area contributed by atoms with E-state index in [1.165, 1.54) is 10.8 Å². The standard InChI is InChI=1S/C17H19N3O3/c21-16-10-18-12-4-1-2-5-13(12)20(16)11-17(22)19-8-9-23-15-7-3-6-14(15)19/h1-2,4-5,10,14-15H,3,6-9,11H2. The lowest BCUT2D eigenvalue weighted by atomic mass is 10.1. The Morgan fingerprint density at radius 3 is 3.09 bits per heavy atom. The van der Waals surface area contributed by atoms with Crippen LogP contribution in [0, 0.1) is 0 Å². The molecule has 6 heteroatoms. The molecule has 120 valence electrons. The van der Waals surface area contributed by atoms with Crippen molar-refractivity contribution in [1.82, 2.24) is 14.5 Å². The number of fused-ring (bicyclic) bond motifs is 2. The van der Waals surface area contributed by atoms with Crippen molar-refractivity contribution < 1.29 is 9.53 Å². The first kappa shape index (κ1) is 14.4. The Morgan fingerprint density at radius 2 is 2.17 bits per heavy atom. The Hall–Kier alpha value is -2.21. The monoisotopic (exact) mass is 313 g/mol. The molecule has 2 unspecified atom stereocenters. The minimum absolute atomic E-state index is 0.0105. The highest BCUT2D eigenvalue weighted by Crippen LogP contribution is 2.29. The lowest BCUT2D eigenvalue weighted by Crippen LogP contribution is -2.52. The molecule has 6 nitrogen and oxygen atoms in total. The number of aromatic nitrogens is 2. The Morgan fingerprint density at radius 1 is 1.30 bits per heavy atom. The van der Waals surface area contributed by atoms with Gasteiger partial charge in [-0.3, -0.25) is 14.2 Å². The molecule has 1 aromatic carbocycles. The number of carbonyl (C=O) groups is 1. The number of amides is 1. The van der Waals surface area contributed by atoms with E-state index in [0.717, 1.165) is 24.8 Å². The molecular formula is C17H19N3O3. The molecule has 2 heterocycles. The summed E-state index contributed by atoms with van der Waals surface area (Å²) in [6.45, 7) is 1.25. The first-order chi connectivity index (χ1) is 11.2. The molecule has 1 aliphatic heterocycles. The van der Waals surface area contributed by atoms with Gasteiger partial charge in [0.05, 0.1) is 36.0 Å². The van der Waals surface area contributed by atoms with Crippen molar-refractivity contribution in [2.45, 2.75) is 38.0 Å². The SMILES string of the molecule is O=C(Cn1c(=O)cnc2ccccc21)N1CCOC2CCCC21. The molecule has 4 rings (SSSR count). The molecule has 0 spiro atoms. The highest BCUT2D eigenvalue weighted by molar-refractivity contribution is 5.80. The smallest absolute Gasteiger partial charge is 0.269 e. The number of para-hydroxylation sites is 2. The van der Waals surface area contributed by atoms with Gasteiger partial charge in [0.15, 0.2) is 0 Å². The van der Waals surface area contributed by atoms with Crippen molar-refractivity contribution in [2.24, 2.45) is 0 Å². The summed E-state index contributed by atoms with van der Waals surface area (Å²) in [6.07, 6.45) is 4.55. The predicted octanol–water partition coefficient (Wildman–Crippen LogP) is 1.18. The van der Waals surface area contributed by atoms with Crippen LogP contribution in [0.15, 0.2) is 35.3 Å². The fourth-order valence-electron chi connectivity index (χ4n) is 3.74. The summed E-state index contributed by atoms with van der Waals surface area (Å²) in [4.78, 5) is 31.0. The van der Waals surface area contributed by atoms with Crippen molar-refractivity contribution in [2.75, 3.05) is 13.2 Å². The van der Waals surface area contributed by atoms with Crippen molar-refractivity contribution in [1.29, 1.82) is 0 Å². The number of benzene rings is 1. The molecule has 1 aliphatic carbocycles. The highest BCUT2D eigenvalue weighted by atomic mass is 16.5. The van der Waals surface area contributed by atoms with Crippen LogP contribution in [0.3, 0.4) is 0 Å². The maximum atomic E-state index is 12.8. The van der Waals surface area contributed by atoms with E-state index >= 15 is 0 Å². The van der Waals surface area contributed by atoms with Crippen molar-refractivity contribution in [3.05, 3.63) is 40.8 Å². The van der Waals surface area contributed by atoms with Crippen molar-refractivity contribution >= 4 is 16.9 Å². The molecular weight excluding hydrogens is 294 g/mol. The molecule has 2 atom stereocenters. The van der Waals surface area contributed by atoms with Gasteiger partial charge in [-0.05, 0) is 31.4 Å². The maximum absolute atomic E-state index is 12.8. The molecule has 0 bridgehead atoms. The fraction of sp³-hybridized carbons (Fsp3) is 0.471. The van der Waals surface area contributed by atoms with Gasteiger partial charge in [0.25, 0.3) is 5.56 Å². The van der Waals surface area contributed by atoms with Crippen LogP contribution in [0.5, 0.6) is 0 Å². The van der Waals surface area contributed by atoms with Gasteiger partial charge >= 0.3 is 0 Å². The van der Waals surface area contributed by atoms with Crippen LogP contribution in [-0.4, -0.2) is 45.7 Å². The van der Waals surface area contributed by atoms with Crippen molar-refractivity contribution in [3.8, 4) is 0 Å². The van der Waals surface area contributed by atoms with Crippen LogP contribution in [0.2, 0.25) is 0 Å². The third-order valence-corrected chi connectivity index (χ3v) is 4.85. The second-order valence-electron chi connectivity index (χ2n) is 6.17. The zero-order valence-electron chi connectivity index (χ0n) is 12.9. The lowest BCUT2D eigenvalue weighted by Gasteiger charge is -2.37. The van der Waals surface area contributed by atoms with Gasteiger partial charge in [-0.15, -0.1) is 0 Å². The number of hydrogen-bond acceptors (Lipinski definition) is 4. The van der Waals surface area contributed by atoms with Crippen LogP contribution >= 0.6 is 0 Å². The van der Waals surface area contributed by atoms with Crippen molar-refractivity contribution in [3.63, 3.8) is 0 Å². The van der Waals surface area contributed by atoms with E-state index < -0.39 is 0 Å². The summed E-state index contributed by atoms with van der Waals surface area (Å²) < 4.78 is 7.27. The largest absolute Gasteiger partial charge is 0.374 e. The summed E-state index contributed by atoms with van der Waals surface area (Å²) in [5.41, 5.74) is 1.18. The molecule has 1 saturated carbocycles. The van der Waals surface area contributed by atoms with Crippen LogP contribution in [0.25, 0.3) is 11.0 Å². The third kappa shape index (κ3) is 2.53. The molecule has 2 fully saturated rings. The number of carbonyl (C=O) groups excluding carboxylic acids is 1. The van der Waals surface area contributed by atoms with E-state index in [4.69, 9.17) is 4.74 Å². The molecule has 1 saturated heterocycles. The average molecular weight is 313 g/mol. The fourth-order valence-corrected chi connectivity index (χ4v) is 3.74. The number of morpholine rings is 1. The summed E-state index contributed by atoms with van der Waals surface area (Å²) in [5.74, 6) is -0.0105. The third-order valence-electron chi connectivity index (χ3n) is 4.85. The molecule has 2 aromatic rings. The number of ether oxygens (including phenoxy) is 1. The molecule has 1 aromatic heterocycles. The minimum Gasteiger partial charge on any atom is -0.374 e.